The molecule has 0 atom stereocenters. The number of carboxylic acids is 1. The van der Waals surface area contributed by atoms with E-state index in [9.17, 15) is 23.5 Å². The van der Waals surface area contributed by atoms with Crippen molar-refractivity contribution in [2.75, 3.05) is 5.32 Å². The molecule has 0 saturated heterocycles. The molecule has 2 N–H and O–H groups in total. The van der Waals surface area contributed by atoms with Gasteiger partial charge in [-0.15, -0.1) is 0 Å². The van der Waals surface area contributed by atoms with E-state index in [0.29, 0.717) is 10.2 Å². The number of nitrogens with one attached hydrogen (secondary N) is 1. The normalized spacial score (nSPS) is 10.6. The Morgan fingerprint density at radius 2 is 2.07 bits per heavy atom. The lowest BCUT2D eigenvalue weighted by Crippen LogP contribution is -2.27. The molecule has 10 heteroatoms. The summed E-state index contributed by atoms with van der Waals surface area (Å²) >= 11 is 3.09. The van der Waals surface area contributed by atoms with E-state index in [1.807, 2.05) is 0 Å². The first kappa shape index (κ1) is 18.6. The number of pyridine rings is 1. The van der Waals surface area contributed by atoms with Gasteiger partial charge in [-0.05, 0) is 18.2 Å². The topological polar surface area (TPSA) is 97.1 Å². The van der Waals surface area contributed by atoms with Gasteiger partial charge >= 0.3 is 5.97 Å². The molecule has 0 amide bonds. The number of anilines is 2. The molecule has 3 aromatic rings. The van der Waals surface area contributed by atoms with Gasteiger partial charge in [0, 0.05) is 23.1 Å². The second-order valence-electron chi connectivity index (χ2n) is 5.42. The van der Waals surface area contributed by atoms with Crippen molar-refractivity contribution >= 4 is 33.3 Å². The van der Waals surface area contributed by atoms with Crippen LogP contribution in [-0.2, 0) is 6.54 Å². The standard InChI is InChI=1S/C17H11BrF2N4O3/c18-9-1-2-13(12(19)5-9)23-15-11(17(26)27)8-24(16(25)14(15)20)7-10-6-21-3-4-22-10/h1-6,8,23H,7H2,(H,26,27). The van der Waals surface area contributed by atoms with Gasteiger partial charge in [-0.2, -0.15) is 4.39 Å². The molecule has 0 radical (unpaired) electrons. The van der Waals surface area contributed by atoms with E-state index in [-0.39, 0.29) is 12.2 Å². The van der Waals surface area contributed by atoms with E-state index < -0.39 is 34.4 Å². The molecular formula is C17H11BrF2N4O3. The molecule has 0 bridgehead atoms. The lowest BCUT2D eigenvalue weighted by molar-refractivity contribution is 0.0696. The molecular weight excluding hydrogens is 426 g/mol. The van der Waals surface area contributed by atoms with Crippen LogP contribution in [-0.4, -0.2) is 25.6 Å². The summed E-state index contributed by atoms with van der Waals surface area (Å²) in [6, 6.07) is 3.89. The molecule has 2 heterocycles. The lowest BCUT2D eigenvalue weighted by Gasteiger charge is -2.14. The van der Waals surface area contributed by atoms with Gasteiger partial charge in [-0.25, -0.2) is 9.18 Å². The number of rotatable bonds is 5. The van der Waals surface area contributed by atoms with Crippen molar-refractivity contribution in [2.24, 2.45) is 0 Å². The molecule has 2 aromatic heterocycles. The average molecular weight is 437 g/mol. The Balaban J connectivity index is 2.07. The Hall–Kier alpha value is -3.14. The minimum absolute atomic E-state index is 0.170. The van der Waals surface area contributed by atoms with Gasteiger partial charge in [0.2, 0.25) is 5.82 Å². The highest BCUT2D eigenvalue weighted by molar-refractivity contribution is 9.10. The van der Waals surface area contributed by atoms with Crippen LogP contribution < -0.4 is 10.9 Å². The van der Waals surface area contributed by atoms with Crippen molar-refractivity contribution in [1.29, 1.82) is 0 Å². The maximum absolute atomic E-state index is 14.7. The number of aromatic carboxylic acids is 1. The van der Waals surface area contributed by atoms with Crippen LogP contribution in [0.3, 0.4) is 0 Å². The summed E-state index contributed by atoms with van der Waals surface area (Å²) in [6.45, 7) is -0.170. The highest BCUT2D eigenvalue weighted by atomic mass is 79.9. The first-order chi connectivity index (χ1) is 12.9. The molecule has 138 valence electrons. The molecule has 0 fully saturated rings. The summed E-state index contributed by atoms with van der Waals surface area (Å²) in [4.78, 5) is 31.7. The quantitative estimate of drug-likeness (QED) is 0.637. The molecule has 0 saturated carbocycles. The third-order valence-corrected chi connectivity index (χ3v) is 4.09. The van der Waals surface area contributed by atoms with Crippen molar-refractivity contribution in [3.8, 4) is 0 Å². The lowest BCUT2D eigenvalue weighted by atomic mass is 10.2. The zero-order valence-electron chi connectivity index (χ0n) is 13.5. The fourth-order valence-corrected chi connectivity index (χ4v) is 2.68. The number of carbonyl (C=O) groups is 1. The van der Waals surface area contributed by atoms with E-state index in [0.717, 1.165) is 16.8 Å². The van der Waals surface area contributed by atoms with E-state index in [2.05, 4.69) is 31.2 Å². The summed E-state index contributed by atoms with van der Waals surface area (Å²) in [7, 11) is 0. The SMILES string of the molecule is O=C(O)c1cn(Cc2cnccn2)c(=O)c(F)c1Nc1ccc(Br)cc1F. The van der Waals surface area contributed by atoms with Crippen LogP contribution in [0, 0.1) is 11.6 Å². The summed E-state index contributed by atoms with van der Waals surface area (Å²) in [6.07, 6.45) is 5.16. The third kappa shape index (κ3) is 4.00. The molecule has 7 nitrogen and oxygen atoms in total. The number of hydrogen-bond acceptors (Lipinski definition) is 5. The van der Waals surface area contributed by atoms with Crippen LogP contribution in [0.2, 0.25) is 0 Å². The zero-order valence-corrected chi connectivity index (χ0v) is 15.1. The highest BCUT2D eigenvalue weighted by Crippen LogP contribution is 2.26. The number of aromatic nitrogens is 3. The van der Waals surface area contributed by atoms with Crippen molar-refractivity contribution < 1.29 is 18.7 Å². The predicted octanol–water partition coefficient (Wildman–Crippen LogP) is 3.17. The second-order valence-corrected chi connectivity index (χ2v) is 6.33. The van der Waals surface area contributed by atoms with E-state index in [1.165, 1.54) is 30.7 Å². The fraction of sp³-hybridized carbons (Fsp3) is 0.0588. The molecule has 3 rings (SSSR count). The van der Waals surface area contributed by atoms with Crippen LogP contribution in [0.4, 0.5) is 20.2 Å². The predicted molar refractivity (Wildman–Crippen MR) is 96.1 cm³/mol. The third-order valence-electron chi connectivity index (χ3n) is 3.59. The van der Waals surface area contributed by atoms with Gasteiger partial charge < -0.3 is 15.0 Å². The average Bonchev–Trinajstić information content (AvgIpc) is 2.63. The van der Waals surface area contributed by atoms with E-state index >= 15 is 0 Å². The second kappa shape index (κ2) is 7.62. The smallest absolute Gasteiger partial charge is 0.339 e. The van der Waals surface area contributed by atoms with Crippen molar-refractivity contribution in [3.05, 3.63) is 80.7 Å². The summed E-state index contributed by atoms with van der Waals surface area (Å²) in [5.41, 5.74) is -2.06. The zero-order chi connectivity index (χ0) is 19.6. The van der Waals surface area contributed by atoms with Gasteiger partial charge in [0.15, 0.2) is 0 Å². The van der Waals surface area contributed by atoms with Crippen LogP contribution in [0.15, 0.2) is 52.3 Å². The summed E-state index contributed by atoms with van der Waals surface area (Å²) < 4.78 is 30.0. The van der Waals surface area contributed by atoms with E-state index in [1.54, 1.807) is 0 Å². The van der Waals surface area contributed by atoms with Crippen LogP contribution in [0.1, 0.15) is 16.1 Å². The molecule has 0 aliphatic heterocycles. The Morgan fingerprint density at radius 1 is 1.30 bits per heavy atom. The Morgan fingerprint density at radius 3 is 2.70 bits per heavy atom. The molecule has 1 aromatic carbocycles. The van der Waals surface area contributed by atoms with Gasteiger partial charge in [-0.1, -0.05) is 15.9 Å². The highest BCUT2D eigenvalue weighted by Gasteiger charge is 2.21. The number of benzene rings is 1. The van der Waals surface area contributed by atoms with Crippen molar-refractivity contribution in [3.63, 3.8) is 0 Å². The molecule has 0 aliphatic carbocycles. The Bertz CT molecular complexity index is 1070. The van der Waals surface area contributed by atoms with Crippen LogP contribution in [0.5, 0.6) is 0 Å². The maximum atomic E-state index is 14.7. The number of carboxylic acid groups (broad SMARTS) is 1. The van der Waals surface area contributed by atoms with Gasteiger partial charge in [0.25, 0.3) is 5.56 Å². The van der Waals surface area contributed by atoms with Crippen LogP contribution in [0.25, 0.3) is 0 Å². The minimum Gasteiger partial charge on any atom is -0.478 e. The maximum Gasteiger partial charge on any atom is 0.339 e. The molecule has 0 unspecified atom stereocenters. The first-order valence-corrected chi connectivity index (χ1v) is 8.29. The van der Waals surface area contributed by atoms with Crippen molar-refractivity contribution in [2.45, 2.75) is 6.54 Å². The fourth-order valence-electron chi connectivity index (χ4n) is 2.34. The monoisotopic (exact) mass is 436 g/mol. The molecule has 0 spiro atoms. The Labute approximate surface area is 159 Å². The largest absolute Gasteiger partial charge is 0.478 e. The number of hydrogen-bond donors (Lipinski definition) is 2. The summed E-state index contributed by atoms with van der Waals surface area (Å²) in [5.74, 6) is -3.58. The number of nitrogens with zero attached hydrogens (tertiary/aromatic N) is 3. The first-order valence-electron chi connectivity index (χ1n) is 7.50. The molecule has 0 aliphatic rings. The number of halogens is 3. The molecule has 27 heavy (non-hydrogen) atoms. The van der Waals surface area contributed by atoms with Gasteiger partial charge in [0.1, 0.15) is 11.4 Å². The Kier molecular flexibility index (Phi) is 5.26. The van der Waals surface area contributed by atoms with Crippen LogP contribution >= 0.6 is 15.9 Å². The van der Waals surface area contributed by atoms with Gasteiger partial charge in [-0.3, -0.25) is 14.8 Å². The minimum atomic E-state index is -1.48. The summed E-state index contributed by atoms with van der Waals surface area (Å²) in [5, 5.41) is 11.8. The van der Waals surface area contributed by atoms with Crippen molar-refractivity contribution in [1.82, 2.24) is 14.5 Å². The van der Waals surface area contributed by atoms with E-state index in [4.69, 9.17) is 0 Å². The van der Waals surface area contributed by atoms with Gasteiger partial charge in [0.05, 0.1) is 29.8 Å².